The first-order valence-corrected chi connectivity index (χ1v) is 7.18. The smallest absolute Gasteiger partial charge is 0.276 e. The Morgan fingerprint density at radius 1 is 1.38 bits per heavy atom. The van der Waals surface area contributed by atoms with E-state index >= 15 is 0 Å². The van der Waals surface area contributed by atoms with Crippen molar-refractivity contribution in [3.63, 3.8) is 0 Å². The number of amides is 1. The van der Waals surface area contributed by atoms with Crippen molar-refractivity contribution in [2.45, 2.75) is 19.4 Å². The summed E-state index contributed by atoms with van der Waals surface area (Å²) in [4.78, 5) is 15.7. The van der Waals surface area contributed by atoms with Crippen molar-refractivity contribution < 1.29 is 4.79 Å². The Kier molecular flexibility index (Phi) is 3.70. The van der Waals surface area contributed by atoms with Crippen molar-refractivity contribution in [2.24, 2.45) is 11.7 Å². The van der Waals surface area contributed by atoms with E-state index in [1.165, 1.54) is 11.0 Å². The van der Waals surface area contributed by atoms with E-state index in [0.717, 1.165) is 18.7 Å². The molecule has 2 aromatic rings. The lowest BCUT2D eigenvalue weighted by Gasteiger charge is -2.16. The van der Waals surface area contributed by atoms with Crippen LogP contribution in [0.1, 0.15) is 23.8 Å². The van der Waals surface area contributed by atoms with Crippen LogP contribution in [-0.4, -0.2) is 44.9 Å². The van der Waals surface area contributed by atoms with Gasteiger partial charge in [0, 0.05) is 19.1 Å². The average molecular weight is 285 g/mol. The van der Waals surface area contributed by atoms with Gasteiger partial charge in [-0.2, -0.15) is 9.90 Å². The lowest BCUT2D eigenvalue weighted by Crippen LogP contribution is -2.33. The summed E-state index contributed by atoms with van der Waals surface area (Å²) in [7, 11) is 0. The van der Waals surface area contributed by atoms with E-state index in [2.05, 4.69) is 10.2 Å². The summed E-state index contributed by atoms with van der Waals surface area (Å²) in [6.07, 6.45) is 2.48. The summed E-state index contributed by atoms with van der Waals surface area (Å²) >= 11 is 0. The summed E-state index contributed by atoms with van der Waals surface area (Å²) < 4.78 is 0. The SMILES string of the molecule is CC(N)C1CCN(C(=O)c2cnn(-c3ccccc3)n2)C1. The molecule has 6 nitrogen and oxygen atoms in total. The molecular formula is C15H19N5O. The first kappa shape index (κ1) is 13.8. The molecule has 0 bridgehead atoms. The van der Waals surface area contributed by atoms with Gasteiger partial charge >= 0.3 is 0 Å². The Bertz CT molecular complexity index is 622. The van der Waals surface area contributed by atoms with Gasteiger partial charge in [0.2, 0.25) is 0 Å². The van der Waals surface area contributed by atoms with Gasteiger partial charge < -0.3 is 10.6 Å². The Morgan fingerprint density at radius 3 is 2.81 bits per heavy atom. The van der Waals surface area contributed by atoms with Gasteiger partial charge in [-0.05, 0) is 31.4 Å². The number of aromatic nitrogens is 3. The number of para-hydroxylation sites is 1. The van der Waals surface area contributed by atoms with E-state index in [1.54, 1.807) is 0 Å². The van der Waals surface area contributed by atoms with E-state index in [1.807, 2.05) is 42.2 Å². The van der Waals surface area contributed by atoms with Crippen LogP contribution < -0.4 is 5.73 Å². The molecule has 2 heterocycles. The fourth-order valence-corrected chi connectivity index (χ4v) is 2.61. The van der Waals surface area contributed by atoms with Gasteiger partial charge in [0.1, 0.15) is 0 Å². The zero-order chi connectivity index (χ0) is 14.8. The predicted molar refractivity (Wildman–Crippen MR) is 79.0 cm³/mol. The molecule has 0 radical (unpaired) electrons. The lowest BCUT2D eigenvalue weighted by atomic mass is 10.0. The molecule has 1 aliphatic rings. The van der Waals surface area contributed by atoms with Gasteiger partial charge in [0.15, 0.2) is 5.69 Å². The number of carbonyl (C=O) groups excluding carboxylic acids is 1. The fraction of sp³-hybridized carbons (Fsp3) is 0.400. The second-order valence-electron chi connectivity index (χ2n) is 5.51. The molecule has 1 fully saturated rings. The highest BCUT2D eigenvalue weighted by atomic mass is 16.2. The highest BCUT2D eigenvalue weighted by molar-refractivity contribution is 5.92. The molecule has 1 aromatic heterocycles. The van der Waals surface area contributed by atoms with E-state index in [0.29, 0.717) is 18.2 Å². The maximum atomic E-state index is 12.4. The molecule has 0 aliphatic carbocycles. The highest BCUT2D eigenvalue weighted by Gasteiger charge is 2.30. The summed E-state index contributed by atoms with van der Waals surface area (Å²) in [5.74, 6) is 0.304. The number of nitrogens with zero attached hydrogens (tertiary/aromatic N) is 4. The Morgan fingerprint density at radius 2 is 2.14 bits per heavy atom. The van der Waals surface area contributed by atoms with Crippen molar-refractivity contribution in [3.05, 3.63) is 42.2 Å². The van der Waals surface area contributed by atoms with Gasteiger partial charge in [-0.3, -0.25) is 4.79 Å². The largest absolute Gasteiger partial charge is 0.337 e. The zero-order valence-corrected chi connectivity index (χ0v) is 12.0. The minimum atomic E-state index is -0.0691. The Hall–Kier alpha value is -2.21. The molecule has 1 aliphatic heterocycles. The standard InChI is InChI=1S/C15H19N5O/c1-11(16)12-7-8-19(10-12)15(21)14-9-17-20(18-14)13-5-3-2-4-6-13/h2-6,9,11-12H,7-8,10,16H2,1H3. The Balaban J connectivity index is 1.73. The maximum Gasteiger partial charge on any atom is 0.276 e. The number of benzene rings is 1. The number of carbonyl (C=O) groups is 1. The van der Waals surface area contributed by atoms with Crippen LogP contribution in [0, 0.1) is 5.92 Å². The molecule has 1 amide bonds. The number of nitrogens with two attached hydrogens (primary N) is 1. The summed E-state index contributed by atoms with van der Waals surface area (Å²) in [5, 5.41) is 8.44. The minimum Gasteiger partial charge on any atom is -0.337 e. The molecule has 2 N–H and O–H groups in total. The number of likely N-dealkylation sites (tertiary alicyclic amines) is 1. The number of hydrogen-bond acceptors (Lipinski definition) is 4. The first-order valence-electron chi connectivity index (χ1n) is 7.18. The topological polar surface area (TPSA) is 77.0 Å². The van der Waals surface area contributed by atoms with Crippen LogP contribution in [0.2, 0.25) is 0 Å². The molecule has 2 atom stereocenters. The molecule has 2 unspecified atom stereocenters. The molecule has 3 rings (SSSR count). The van der Waals surface area contributed by atoms with Gasteiger partial charge in [-0.25, -0.2) is 0 Å². The van der Waals surface area contributed by atoms with Crippen LogP contribution in [0.5, 0.6) is 0 Å². The van der Waals surface area contributed by atoms with Crippen LogP contribution in [0.3, 0.4) is 0 Å². The molecule has 1 aromatic carbocycles. The van der Waals surface area contributed by atoms with Gasteiger partial charge in [0.05, 0.1) is 11.9 Å². The molecule has 0 spiro atoms. The second kappa shape index (κ2) is 5.65. The lowest BCUT2D eigenvalue weighted by molar-refractivity contribution is 0.0779. The van der Waals surface area contributed by atoms with Gasteiger partial charge in [-0.15, -0.1) is 5.10 Å². The van der Waals surface area contributed by atoms with Crippen molar-refractivity contribution >= 4 is 5.91 Å². The van der Waals surface area contributed by atoms with Crippen molar-refractivity contribution in [3.8, 4) is 5.69 Å². The third kappa shape index (κ3) is 2.80. The number of rotatable bonds is 3. The van der Waals surface area contributed by atoms with Crippen molar-refractivity contribution in [1.82, 2.24) is 19.9 Å². The molecular weight excluding hydrogens is 266 g/mol. The molecule has 1 saturated heterocycles. The van der Waals surface area contributed by atoms with Crippen molar-refractivity contribution in [2.75, 3.05) is 13.1 Å². The van der Waals surface area contributed by atoms with E-state index in [4.69, 9.17) is 5.73 Å². The zero-order valence-electron chi connectivity index (χ0n) is 12.0. The quantitative estimate of drug-likeness (QED) is 0.915. The molecule has 21 heavy (non-hydrogen) atoms. The molecule has 0 saturated carbocycles. The third-order valence-electron chi connectivity index (χ3n) is 3.95. The normalized spacial score (nSPS) is 19.7. The number of hydrogen-bond donors (Lipinski definition) is 1. The van der Waals surface area contributed by atoms with Crippen molar-refractivity contribution in [1.29, 1.82) is 0 Å². The third-order valence-corrected chi connectivity index (χ3v) is 3.95. The molecule has 110 valence electrons. The summed E-state index contributed by atoms with van der Waals surface area (Å²) in [6.45, 7) is 3.43. The minimum absolute atomic E-state index is 0.0691. The molecule has 6 heteroatoms. The maximum absolute atomic E-state index is 12.4. The summed E-state index contributed by atoms with van der Waals surface area (Å²) in [6, 6.07) is 9.66. The predicted octanol–water partition coefficient (Wildman–Crippen LogP) is 1.08. The summed E-state index contributed by atoms with van der Waals surface area (Å²) in [5.41, 5.74) is 7.13. The highest BCUT2D eigenvalue weighted by Crippen LogP contribution is 2.20. The van der Waals surface area contributed by atoms with Crippen LogP contribution in [0.25, 0.3) is 5.69 Å². The van der Waals surface area contributed by atoms with Gasteiger partial charge in [-0.1, -0.05) is 18.2 Å². The van der Waals surface area contributed by atoms with Crippen LogP contribution >= 0.6 is 0 Å². The van der Waals surface area contributed by atoms with E-state index in [9.17, 15) is 4.79 Å². The second-order valence-corrected chi connectivity index (χ2v) is 5.51. The monoisotopic (exact) mass is 285 g/mol. The Labute approximate surface area is 123 Å². The van der Waals surface area contributed by atoms with E-state index in [-0.39, 0.29) is 11.9 Å². The van der Waals surface area contributed by atoms with Crippen LogP contribution in [0.4, 0.5) is 0 Å². The van der Waals surface area contributed by atoms with Crippen LogP contribution in [0.15, 0.2) is 36.5 Å². The van der Waals surface area contributed by atoms with Crippen LogP contribution in [-0.2, 0) is 0 Å². The fourth-order valence-electron chi connectivity index (χ4n) is 2.61. The van der Waals surface area contributed by atoms with E-state index < -0.39 is 0 Å². The van der Waals surface area contributed by atoms with Gasteiger partial charge in [0.25, 0.3) is 5.91 Å². The average Bonchev–Trinajstić information content (AvgIpc) is 3.17. The first-order chi connectivity index (χ1) is 10.1.